The van der Waals surface area contributed by atoms with Crippen molar-refractivity contribution in [1.82, 2.24) is 19.6 Å². The summed E-state index contributed by atoms with van der Waals surface area (Å²) in [5, 5.41) is 5.12. The Balaban J connectivity index is 2.36. The first-order valence-electron chi connectivity index (χ1n) is 7.48. The molecule has 0 radical (unpaired) electrons. The summed E-state index contributed by atoms with van der Waals surface area (Å²) >= 11 is 6.32. The molecule has 0 aromatic carbocycles. The molecule has 23 heavy (non-hydrogen) atoms. The van der Waals surface area contributed by atoms with Crippen molar-refractivity contribution in [2.45, 2.75) is 27.7 Å². The largest absolute Gasteiger partial charge is 0.363 e. The minimum atomic E-state index is 0.565. The van der Waals surface area contributed by atoms with E-state index < -0.39 is 0 Å². The van der Waals surface area contributed by atoms with Crippen molar-refractivity contribution in [3.63, 3.8) is 0 Å². The number of anilines is 1. The van der Waals surface area contributed by atoms with E-state index in [0.29, 0.717) is 5.15 Å². The first kappa shape index (κ1) is 15.7. The zero-order valence-corrected chi connectivity index (χ0v) is 15.0. The maximum absolute atomic E-state index is 6.32. The van der Waals surface area contributed by atoms with Gasteiger partial charge in [0.05, 0.1) is 11.3 Å². The molecule has 0 saturated carbocycles. The van der Waals surface area contributed by atoms with E-state index in [-0.39, 0.29) is 0 Å². The summed E-state index contributed by atoms with van der Waals surface area (Å²) in [6.45, 7) is 8.03. The normalized spacial score (nSPS) is 11.3. The Morgan fingerprint density at radius 1 is 0.957 bits per heavy atom. The average molecular weight is 330 g/mol. The standard InChI is InChI=1S/C17H20ClN5/c1-9-7-14(22(5)6)20-11(3)15(9)16-12(4)21-23-13(18)8-10(2)19-17(16)23/h7-8H,1-6H3. The summed E-state index contributed by atoms with van der Waals surface area (Å²) < 4.78 is 1.69. The molecule has 3 rings (SSSR count). The van der Waals surface area contributed by atoms with Crippen LogP contribution < -0.4 is 4.90 Å². The first-order valence-corrected chi connectivity index (χ1v) is 7.85. The van der Waals surface area contributed by atoms with Crippen molar-refractivity contribution in [3.05, 3.63) is 39.9 Å². The SMILES string of the molecule is Cc1cc(Cl)n2nc(C)c(-c3c(C)cc(N(C)C)nc3C)c2n1. The fourth-order valence-electron chi connectivity index (χ4n) is 2.91. The van der Waals surface area contributed by atoms with Gasteiger partial charge in [-0.05, 0) is 45.4 Å². The molecule has 3 aromatic heterocycles. The van der Waals surface area contributed by atoms with Crippen molar-refractivity contribution >= 4 is 23.1 Å². The van der Waals surface area contributed by atoms with Crippen LogP contribution in [0.3, 0.4) is 0 Å². The Kier molecular flexibility index (Phi) is 3.76. The lowest BCUT2D eigenvalue weighted by Gasteiger charge is -2.16. The van der Waals surface area contributed by atoms with Gasteiger partial charge in [0, 0.05) is 31.0 Å². The van der Waals surface area contributed by atoms with Gasteiger partial charge < -0.3 is 4.90 Å². The number of hydrogen-bond acceptors (Lipinski definition) is 4. The van der Waals surface area contributed by atoms with Gasteiger partial charge in [0.2, 0.25) is 0 Å². The molecular formula is C17H20ClN5. The number of aromatic nitrogens is 4. The summed E-state index contributed by atoms with van der Waals surface area (Å²) in [6, 6.07) is 3.90. The highest BCUT2D eigenvalue weighted by Gasteiger charge is 2.20. The molecule has 0 aliphatic heterocycles. The van der Waals surface area contributed by atoms with E-state index in [1.54, 1.807) is 4.52 Å². The second-order valence-electron chi connectivity index (χ2n) is 6.07. The lowest BCUT2D eigenvalue weighted by Crippen LogP contribution is -2.12. The molecule has 0 aliphatic rings. The molecule has 6 heteroatoms. The van der Waals surface area contributed by atoms with Gasteiger partial charge in [-0.3, -0.25) is 0 Å². The van der Waals surface area contributed by atoms with Gasteiger partial charge in [0.1, 0.15) is 11.0 Å². The second kappa shape index (κ2) is 5.49. The number of halogens is 1. The molecule has 0 amide bonds. The molecule has 120 valence electrons. The van der Waals surface area contributed by atoms with Crippen molar-refractivity contribution in [2.75, 3.05) is 19.0 Å². The zero-order valence-electron chi connectivity index (χ0n) is 14.3. The minimum absolute atomic E-state index is 0.565. The topological polar surface area (TPSA) is 46.3 Å². The summed E-state index contributed by atoms with van der Waals surface area (Å²) in [5.41, 5.74) is 6.75. The quantitative estimate of drug-likeness (QED) is 0.672. The molecule has 0 unspecified atom stereocenters. The summed E-state index contributed by atoms with van der Waals surface area (Å²) in [4.78, 5) is 11.4. The van der Waals surface area contributed by atoms with E-state index in [1.807, 2.05) is 45.8 Å². The predicted octanol–water partition coefficient (Wildman–Crippen LogP) is 3.74. The van der Waals surface area contributed by atoms with Crippen LogP contribution in [0.4, 0.5) is 5.82 Å². The average Bonchev–Trinajstić information content (AvgIpc) is 2.75. The van der Waals surface area contributed by atoms with Crippen LogP contribution in [-0.4, -0.2) is 33.7 Å². The molecule has 0 atom stereocenters. The number of aryl methyl sites for hydroxylation is 4. The Hall–Kier alpha value is -2.14. The predicted molar refractivity (Wildman–Crippen MR) is 94.5 cm³/mol. The smallest absolute Gasteiger partial charge is 0.165 e. The molecule has 0 spiro atoms. The highest BCUT2D eigenvalue weighted by atomic mass is 35.5. The van der Waals surface area contributed by atoms with Gasteiger partial charge >= 0.3 is 0 Å². The molecular weight excluding hydrogens is 310 g/mol. The lowest BCUT2D eigenvalue weighted by molar-refractivity contribution is 0.910. The van der Waals surface area contributed by atoms with Gasteiger partial charge in [-0.25, -0.2) is 14.5 Å². The highest BCUT2D eigenvalue weighted by Crippen LogP contribution is 2.34. The van der Waals surface area contributed by atoms with E-state index >= 15 is 0 Å². The first-order chi connectivity index (χ1) is 10.8. The Bertz CT molecular complexity index is 888. The van der Waals surface area contributed by atoms with Crippen LogP contribution in [0, 0.1) is 27.7 Å². The second-order valence-corrected chi connectivity index (χ2v) is 6.46. The van der Waals surface area contributed by atoms with Crippen LogP contribution in [0.5, 0.6) is 0 Å². The van der Waals surface area contributed by atoms with E-state index in [1.165, 1.54) is 0 Å². The van der Waals surface area contributed by atoms with Crippen molar-refractivity contribution < 1.29 is 0 Å². The molecule has 3 aromatic rings. The maximum atomic E-state index is 6.32. The summed E-state index contributed by atoms with van der Waals surface area (Å²) in [7, 11) is 3.98. The number of nitrogens with zero attached hydrogens (tertiary/aromatic N) is 5. The molecule has 0 N–H and O–H groups in total. The van der Waals surface area contributed by atoms with Crippen LogP contribution in [-0.2, 0) is 0 Å². The van der Waals surface area contributed by atoms with Gasteiger partial charge in [-0.1, -0.05) is 11.6 Å². The van der Waals surface area contributed by atoms with E-state index in [0.717, 1.165) is 45.2 Å². The minimum Gasteiger partial charge on any atom is -0.363 e. The highest BCUT2D eigenvalue weighted by molar-refractivity contribution is 6.29. The number of pyridine rings is 1. The third-order valence-corrected chi connectivity index (χ3v) is 4.21. The Morgan fingerprint density at radius 3 is 2.26 bits per heavy atom. The molecule has 3 heterocycles. The summed E-state index contributed by atoms with van der Waals surface area (Å²) in [5.74, 6) is 0.944. The van der Waals surface area contributed by atoms with Crippen LogP contribution in [0.25, 0.3) is 16.8 Å². The molecule has 5 nitrogen and oxygen atoms in total. The van der Waals surface area contributed by atoms with Gasteiger partial charge in [0.25, 0.3) is 0 Å². The Labute approximate surface area is 140 Å². The van der Waals surface area contributed by atoms with Crippen molar-refractivity contribution in [3.8, 4) is 11.1 Å². The van der Waals surface area contributed by atoms with Crippen molar-refractivity contribution in [2.24, 2.45) is 0 Å². The van der Waals surface area contributed by atoms with Crippen LogP contribution >= 0.6 is 11.6 Å². The number of fused-ring (bicyclic) bond motifs is 1. The van der Waals surface area contributed by atoms with E-state index in [9.17, 15) is 0 Å². The van der Waals surface area contributed by atoms with Crippen LogP contribution in [0.15, 0.2) is 12.1 Å². The molecule has 0 saturated heterocycles. The van der Waals surface area contributed by atoms with E-state index in [4.69, 9.17) is 16.6 Å². The Morgan fingerprint density at radius 2 is 1.65 bits per heavy atom. The van der Waals surface area contributed by atoms with Gasteiger partial charge in [-0.2, -0.15) is 5.10 Å². The molecule has 0 fully saturated rings. The maximum Gasteiger partial charge on any atom is 0.165 e. The molecule has 0 aliphatic carbocycles. The fraction of sp³-hybridized carbons (Fsp3) is 0.353. The van der Waals surface area contributed by atoms with Crippen LogP contribution in [0.1, 0.15) is 22.6 Å². The summed E-state index contributed by atoms with van der Waals surface area (Å²) in [6.07, 6.45) is 0. The number of hydrogen-bond donors (Lipinski definition) is 0. The van der Waals surface area contributed by atoms with Crippen molar-refractivity contribution in [1.29, 1.82) is 0 Å². The third kappa shape index (κ3) is 2.55. The zero-order chi connectivity index (χ0) is 16.9. The van der Waals surface area contributed by atoms with Crippen LogP contribution in [0.2, 0.25) is 5.15 Å². The lowest BCUT2D eigenvalue weighted by atomic mass is 9.99. The van der Waals surface area contributed by atoms with E-state index in [2.05, 4.69) is 23.1 Å². The van der Waals surface area contributed by atoms with Gasteiger partial charge in [0.15, 0.2) is 5.65 Å². The number of rotatable bonds is 2. The molecule has 0 bridgehead atoms. The third-order valence-electron chi connectivity index (χ3n) is 3.94. The monoisotopic (exact) mass is 329 g/mol. The fourth-order valence-corrected chi connectivity index (χ4v) is 3.19. The van der Waals surface area contributed by atoms with Gasteiger partial charge in [-0.15, -0.1) is 0 Å².